The SMILES string of the molecule is CCCc1cc(C(=O)NC2CCC(OC)C2)cc(NC)n1. The number of pyridine rings is 1. The molecule has 0 bridgehead atoms. The molecule has 0 spiro atoms. The molecule has 1 heterocycles. The number of anilines is 1. The van der Waals surface area contributed by atoms with Gasteiger partial charge in [-0.15, -0.1) is 0 Å². The van der Waals surface area contributed by atoms with E-state index in [1.165, 1.54) is 0 Å². The largest absolute Gasteiger partial charge is 0.381 e. The number of nitrogens with one attached hydrogen (secondary N) is 2. The topological polar surface area (TPSA) is 63.2 Å². The quantitative estimate of drug-likeness (QED) is 0.844. The van der Waals surface area contributed by atoms with Crippen molar-refractivity contribution in [3.05, 3.63) is 23.4 Å². The van der Waals surface area contributed by atoms with E-state index in [9.17, 15) is 4.79 Å². The Morgan fingerprint density at radius 2 is 2.24 bits per heavy atom. The maximum Gasteiger partial charge on any atom is 0.251 e. The Hall–Kier alpha value is -1.62. The standard InChI is InChI=1S/C16H25N3O2/c1-4-5-12-8-11(9-15(17-2)18-12)16(20)19-13-6-7-14(10-13)21-3/h8-9,13-14H,4-7,10H2,1-3H3,(H,17,18)(H,19,20). The summed E-state index contributed by atoms with van der Waals surface area (Å²) in [5.74, 6) is 0.722. The third-order valence-electron chi connectivity index (χ3n) is 3.96. The molecule has 2 rings (SSSR count). The summed E-state index contributed by atoms with van der Waals surface area (Å²) in [5.41, 5.74) is 1.63. The number of nitrogens with zero attached hydrogens (tertiary/aromatic N) is 1. The van der Waals surface area contributed by atoms with Gasteiger partial charge in [0, 0.05) is 31.5 Å². The van der Waals surface area contributed by atoms with Crippen LogP contribution >= 0.6 is 0 Å². The van der Waals surface area contributed by atoms with E-state index in [2.05, 4.69) is 22.5 Å². The first-order chi connectivity index (χ1) is 10.2. The molecule has 1 aliphatic rings. The molecule has 2 unspecified atom stereocenters. The Morgan fingerprint density at radius 1 is 1.43 bits per heavy atom. The number of methoxy groups -OCH3 is 1. The molecule has 0 aliphatic heterocycles. The third-order valence-corrected chi connectivity index (χ3v) is 3.96. The van der Waals surface area contributed by atoms with Gasteiger partial charge in [0.05, 0.1) is 6.10 Å². The summed E-state index contributed by atoms with van der Waals surface area (Å²) in [6.07, 6.45) is 5.06. The number of aryl methyl sites for hydroxylation is 1. The highest BCUT2D eigenvalue weighted by Gasteiger charge is 2.26. The van der Waals surface area contributed by atoms with Crippen LogP contribution in [0.25, 0.3) is 0 Å². The molecule has 1 amide bonds. The number of hydrogen-bond acceptors (Lipinski definition) is 4. The molecule has 1 aromatic rings. The molecular weight excluding hydrogens is 266 g/mol. The highest BCUT2D eigenvalue weighted by atomic mass is 16.5. The van der Waals surface area contributed by atoms with Gasteiger partial charge in [-0.1, -0.05) is 13.3 Å². The number of carbonyl (C=O) groups excluding carboxylic acids is 1. The lowest BCUT2D eigenvalue weighted by atomic mass is 10.1. The second-order valence-electron chi connectivity index (χ2n) is 5.57. The van der Waals surface area contributed by atoms with Crippen molar-refractivity contribution in [3.63, 3.8) is 0 Å². The first-order valence-electron chi connectivity index (χ1n) is 7.68. The highest BCUT2D eigenvalue weighted by molar-refractivity contribution is 5.95. The predicted molar refractivity (Wildman–Crippen MR) is 83.7 cm³/mol. The lowest BCUT2D eigenvalue weighted by molar-refractivity contribution is 0.0915. The average molecular weight is 291 g/mol. The van der Waals surface area contributed by atoms with E-state index in [1.54, 1.807) is 13.2 Å². The van der Waals surface area contributed by atoms with Crippen LogP contribution in [0.2, 0.25) is 0 Å². The zero-order valence-electron chi connectivity index (χ0n) is 13.1. The van der Waals surface area contributed by atoms with Crippen molar-refractivity contribution in [2.75, 3.05) is 19.5 Å². The number of rotatable bonds is 6. The minimum absolute atomic E-state index is 0.0204. The number of ether oxygens (including phenoxy) is 1. The minimum Gasteiger partial charge on any atom is -0.381 e. The first-order valence-corrected chi connectivity index (χ1v) is 7.68. The van der Waals surface area contributed by atoms with Gasteiger partial charge in [-0.05, 0) is 37.8 Å². The second-order valence-corrected chi connectivity index (χ2v) is 5.57. The van der Waals surface area contributed by atoms with Crippen molar-refractivity contribution in [3.8, 4) is 0 Å². The third kappa shape index (κ3) is 4.17. The van der Waals surface area contributed by atoms with Crippen LogP contribution in [0, 0.1) is 0 Å². The van der Waals surface area contributed by atoms with Crippen molar-refractivity contribution in [2.45, 2.75) is 51.2 Å². The monoisotopic (exact) mass is 291 g/mol. The summed E-state index contributed by atoms with van der Waals surface area (Å²) >= 11 is 0. The van der Waals surface area contributed by atoms with Gasteiger partial charge in [-0.25, -0.2) is 4.98 Å². The maximum absolute atomic E-state index is 12.4. The molecule has 0 radical (unpaired) electrons. The summed E-state index contributed by atoms with van der Waals surface area (Å²) in [6.45, 7) is 2.11. The molecule has 0 aromatic carbocycles. The van der Waals surface area contributed by atoms with Gasteiger partial charge in [0.1, 0.15) is 5.82 Å². The fourth-order valence-electron chi connectivity index (χ4n) is 2.79. The Bertz CT molecular complexity index is 490. The van der Waals surface area contributed by atoms with Crippen LogP contribution in [-0.4, -0.2) is 37.2 Å². The maximum atomic E-state index is 12.4. The molecular formula is C16H25N3O2. The molecule has 5 heteroatoms. The van der Waals surface area contributed by atoms with Crippen LogP contribution in [0.5, 0.6) is 0 Å². The number of amides is 1. The molecule has 1 aliphatic carbocycles. The van der Waals surface area contributed by atoms with Gasteiger partial charge < -0.3 is 15.4 Å². The van der Waals surface area contributed by atoms with Gasteiger partial charge in [0.25, 0.3) is 5.91 Å². The first kappa shape index (κ1) is 15.8. The molecule has 0 saturated heterocycles. The highest BCUT2D eigenvalue weighted by Crippen LogP contribution is 2.22. The normalized spacial score (nSPS) is 21.3. The fourth-order valence-corrected chi connectivity index (χ4v) is 2.79. The lowest BCUT2D eigenvalue weighted by Crippen LogP contribution is -2.33. The van der Waals surface area contributed by atoms with Gasteiger partial charge in [-0.3, -0.25) is 4.79 Å². The van der Waals surface area contributed by atoms with Crippen molar-refractivity contribution in [2.24, 2.45) is 0 Å². The molecule has 1 saturated carbocycles. The van der Waals surface area contributed by atoms with Crippen molar-refractivity contribution < 1.29 is 9.53 Å². The van der Waals surface area contributed by atoms with Gasteiger partial charge in [-0.2, -0.15) is 0 Å². The molecule has 2 N–H and O–H groups in total. The molecule has 21 heavy (non-hydrogen) atoms. The average Bonchev–Trinajstić information content (AvgIpc) is 2.94. The van der Waals surface area contributed by atoms with Crippen molar-refractivity contribution in [1.29, 1.82) is 0 Å². The van der Waals surface area contributed by atoms with E-state index in [4.69, 9.17) is 4.74 Å². The molecule has 2 atom stereocenters. The Morgan fingerprint density at radius 3 is 2.86 bits per heavy atom. The van der Waals surface area contributed by atoms with Crippen LogP contribution < -0.4 is 10.6 Å². The van der Waals surface area contributed by atoms with E-state index in [0.29, 0.717) is 5.56 Å². The van der Waals surface area contributed by atoms with Gasteiger partial charge in [0.15, 0.2) is 0 Å². The van der Waals surface area contributed by atoms with Crippen LogP contribution in [0.1, 0.15) is 48.7 Å². The zero-order chi connectivity index (χ0) is 15.2. The summed E-state index contributed by atoms with van der Waals surface area (Å²) in [6, 6.07) is 3.91. The Kier molecular flexibility index (Phi) is 5.56. The second kappa shape index (κ2) is 7.41. The van der Waals surface area contributed by atoms with Crippen LogP contribution in [0.15, 0.2) is 12.1 Å². The summed E-state index contributed by atoms with van der Waals surface area (Å²) in [5, 5.41) is 6.13. The Balaban J connectivity index is 2.06. The number of hydrogen-bond donors (Lipinski definition) is 2. The molecule has 1 fully saturated rings. The molecule has 116 valence electrons. The van der Waals surface area contributed by atoms with Crippen molar-refractivity contribution >= 4 is 11.7 Å². The van der Waals surface area contributed by atoms with Crippen molar-refractivity contribution in [1.82, 2.24) is 10.3 Å². The van der Waals surface area contributed by atoms with E-state index >= 15 is 0 Å². The van der Waals surface area contributed by atoms with E-state index in [0.717, 1.165) is 43.6 Å². The predicted octanol–water partition coefficient (Wildman–Crippen LogP) is 2.37. The summed E-state index contributed by atoms with van der Waals surface area (Å²) < 4.78 is 5.34. The Labute approximate surface area is 126 Å². The fraction of sp³-hybridized carbons (Fsp3) is 0.625. The van der Waals surface area contributed by atoms with Crippen LogP contribution in [-0.2, 0) is 11.2 Å². The van der Waals surface area contributed by atoms with Crippen LogP contribution in [0.3, 0.4) is 0 Å². The lowest BCUT2D eigenvalue weighted by Gasteiger charge is -2.14. The smallest absolute Gasteiger partial charge is 0.251 e. The molecule has 5 nitrogen and oxygen atoms in total. The summed E-state index contributed by atoms with van der Waals surface area (Å²) in [7, 11) is 3.55. The van der Waals surface area contributed by atoms with Gasteiger partial charge >= 0.3 is 0 Å². The number of aromatic nitrogens is 1. The van der Waals surface area contributed by atoms with E-state index in [-0.39, 0.29) is 18.1 Å². The zero-order valence-corrected chi connectivity index (χ0v) is 13.1. The van der Waals surface area contributed by atoms with Gasteiger partial charge in [0.2, 0.25) is 0 Å². The van der Waals surface area contributed by atoms with Crippen LogP contribution in [0.4, 0.5) is 5.82 Å². The van der Waals surface area contributed by atoms with E-state index in [1.807, 2.05) is 13.1 Å². The van der Waals surface area contributed by atoms with E-state index < -0.39 is 0 Å². The molecule has 1 aromatic heterocycles. The number of carbonyl (C=O) groups is 1. The minimum atomic E-state index is -0.0204. The summed E-state index contributed by atoms with van der Waals surface area (Å²) in [4.78, 5) is 16.9.